The van der Waals surface area contributed by atoms with Gasteiger partial charge in [-0.15, -0.1) is 0 Å². The zero-order valence-electron chi connectivity index (χ0n) is 10.9. The SMILES string of the molecule is CC(N[C@@H](C)c1ccccc1Br)c1cnn(C)c1. The lowest BCUT2D eigenvalue weighted by Gasteiger charge is -2.20. The summed E-state index contributed by atoms with van der Waals surface area (Å²) in [6.45, 7) is 4.33. The minimum absolute atomic E-state index is 0.279. The Morgan fingerprint density at radius 2 is 1.94 bits per heavy atom. The van der Waals surface area contributed by atoms with Gasteiger partial charge in [-0.05, 0) is 25.5 Å². The molecule has 0 saturated heterocycles. The highest BCUT2D eigenvalue weighted by Gasteiger charge is 2.13. The van der Waals surface area contributed by atoms with Gasteiger partial charge in [-0.3, -0.25) is 4.68 Å². The molecule has 0 aliphatic heterocycles. The van der Waals surface area contributed by atoms with Gasteiger partial charge in [-0.1, -0.05) is 34.1 Å². The summed E-state index contributed by atoms with van der Waals surface area (Å²) in [4.78, 5) is 0. The fourth-order valence-electron chi connectivity index (χ4n) is 2.05. The summed E-state index contributed by atoms with van der Waals surface area (Å²) in [6.07, 6.45) is 3.95. The first-order valence-corrected chi connectivity index (χ1v) is 6.86. The van der Waals surface area contributed by atoms with Crippen LogP contribution in [0.4, 0.5) is 0 Å². The Kier molecular flexibility index (Phi) is 4.19. The van der Waals surface area contributed by atoms with E-state index in [2.05, 4.69) is 58.4 Å². The molecule has 1 N–H and O–H groups in total. The Hall–Kier alpha value is -1.13. The van der Waals surface area contributed by atoms with Gasteiger partial charge in [0.25, 0.3) is 0 Å². The molecule has 3 nitrogen and oxygen atoms in total. The Morgan fingerprint density at radius 1 is 1.22 bits per heavy atom. The van der Waals surface area contributed by atoms with Gasteiger partial charge in [-0.25, -0.2) is 0 Å². The molecule has 2 aromatic rings. The molecule has 0 bridgehead atoms. The van der Waals surface area contributed by atoms with Crippen molar-refractivity contribution in [3.05, 3.63) is 52.3 Å². The van der Waals surface area contributed by atoms with Crippen molar-refractivity contribution in [3.8, 4) is 0 Å². The molecule has 0 radical (unpaired) electrons. The van der Waals surface area contributed by atoms with E-state index in [1.165, 1.54) is 11.1 Å². The van der Waals surface area contributed by atoms with Crippen LogP contribution in [-0.4, -0.2) is 9.78 Å². The molecule has 2 atom stereocenters. The lowest BCUT2D eigenvalue weighted by molar-refractivity contribution is 0.493. The van der Waals surface area contributed by atoms with Crippen molar-refractivity contribution in [2.45, 2.75) is 25.9 Å². The Balaban J connectivity index is 2.08. The number of benzene rings is 1. The minimum atomic E-state index is 0.279. The molecule has 1 aromatic carbocycles. The minimum Gasteiger partial charge on any atom is -0.303 e. The van der Waals surface area contributed by atoms with Crippen LogP contribution >= 0.6 is 15.9 Å². The van der Waals surface area contributed by atoms with E-state index < -0.39 is 0 Å². The number of aromatic nitrogens is 2. The van der Waals surface area contributed by atoms with Gasteiger partial charge >= 0.3 is 0 Å². The summed E-state index contributed by atoms with van der Waals surface area (Å²) in [7, 11) is 1.94. The van der Waals surface area contributed by atoms with Gasteiger partial charge in [-0.2, -0.15) is 5.10 Å². The van der Waals surface area contributed by atoms with Crippen LogP contribution in [0, 0.1) is 0 Å². The summed E-state index contributed by atoms with van der Waals surface area (Å²) in [5.41, 5.74) is 2.48. The Morgan fingerprint density at radius 3 is 2.56 bits per heavy atom. The van der Waals surface area contributed by atoms with Gasteiger partial charge in [0.2, 0.25) is 0 Å². The first-order chi connectivity index (χ1) is 8.58. The fourth-order valence-corrected chi connectivity index (χ4v) is 2.68. The zero-order valence-corrected chi connectivity index (χ0v) is 12.5. The van der Waals surface area contributed by atoms with Crippen LogP contribution in [0.2, 0.25) is 0 Å². The van der Waals surface area contributed by atoms with Crippen molar-refractivity contribution in [2.24, 2.45) is 7.05 Å². The number of hydrogen-bond acceptors (Lipinski definition) is 2. The van der Waals surface area contributed by atoms with E-state index in [4.69, 9.17) is 0 Å². The molecule has 1 unspecified atom stereocenters. The monoisotopic (exact) mass is 307 g/mol. The lowest BCUT2D eigenvalue weighted by Crippen LogP contribution is -2.22. The van der Waals surface area contributed by atoms with Crippen molar-refractivity contribution in [2.75, 3.05) is 0 Å². The molecular formula is C14H18BrN3. The Labute approximate surface area is 116 Å². The highest BCUT2D eigenvalue weighted by Crippen LogP contribution is 2.25. The average Bonchev–Trinajstić information content (AvgIpc) is 2.76. The second kappa shape index (κ2) is 5.67. The molecule has 0 aliphatic rings. The van der Waals surface area contributed by atoms with Crippen LogP contribution in [0.25, 0.3) is 0 Å². The van der Waals surface area contributed by atoms with Crippen LogP contribution in [0.5, 0.6) is 0 Å². The van der Waals surface area contributed by atoms with Gasteiger partial charge in [0.15, 0.2) is 0 Å². The molecule has 2 rings (SSSR count). The van der Waals surface area contributed by atoms with Crippen molar-refractivity contribution in [1.29, 1.82) is 0 Å². The molecule has 18 heavy (non-hydrogen) atoms. The van der Waals surface area contributed by atoms with Crippen molar-refractivity contribution in [1.82, 2.24) is 15.1 Å². The number of hydrogen-bond donors (Lipinski definition) is 1. The molecule has 1 aromatic heterocycles. The molecule has 4 heteroatoms. The summed E-state index contributed by atoms with van der Waals surface area (Å²) in [5.74, 6) is 0. The smallest absolute Gasteiger partial charge is 0.0537 e. The zero-order chi connectivity index (χ0) is 13.1. The van der Waals surface area contributed by atoms with Crippen LogP contribution in [0.15, 0.2) is 41.1 Å². The maximum absolute atomic E-state index is 4.20. The van der Waals surface area contributed by atoms with Gasteiger partial charge < -0.3 is 5.32 Å². The first-order valence-electron chi connectivity index (χ1n) is 6.07. The third-order valence-electron chi connectivity index (χ3n) is 3.10. The maximum atomic E-state index is 4.20. The second-order valence-electron chi connectivity index (χ2n) is 4.58. The molecule has 0 spiro atoms. The molecule has 0 saturated carbocycles. The van der Waals surface area contributed by atoms with E-state index in [0.29, 0.717) is 0 Å². The summed E-state index contributed by atoms with van der Waals surface area (Å²) < 4.78 is 2.97. The number of aryl methyl sites for hydroxylation is 1. The number of rotatable bonds is 4. The van der Waals surface area contributed by atoms with E-state index in [1.807, 2.05) is 30.2 Å². The normalized spacial score (nSPS) is 14.4. The fraction of sp³-hybridized carbons (Fsp3) is 0.357. The lowest BCUT2D eigenvalue weighted by atomic mass is 10.1. The summed E-state index contributed by atoms with van der Waals surface area (Å²) in [5, 5.41) is 7.79. The summed E-state index contributed by atoms with van der Waals surface area (Å²) >= 11 is 3.59. The molecule has 0 fully saturated rings. The molecular weight excluding hydrogens is 290 g/mol. The van der Waals surface area contributed by atoms with E-state index in [-0.39, 0.29) is 12.1 Å². The van der Waals surface area contributed by atoms with Crippen LogP contribution < -0.4 is 5.32 Å². The van der Waals surface area contributed by atoms with Gasteiger partial charge in [0, 0.05) is 35.4 Å². The van der Waals surface area contributed by atoms with E-state index in [9.17, 15) is 0 Å². The number of nitrogens with zero attached hydrogens (tertiary/aromatic N) is 2. The second-order valence-corrected chi connectivity index (χ2v) is 5.43. The van der Waals surface area contributed by atoms with E-state index in [0.717, 1.165) is 4.47 Å². The quantitative estimate of drug-likeness (QED) is 0.935. The van der Waals surface area contributed by atoms with E-state index in [1.54, 1.807) is 0 Å². The van der Waals surface area contributed by atoms with E-state index >= 15 is 0 Å². The largest absolute Gasteiger partial charge is 0.303 e. The van der Waals surface area contributed by atoms with Crippen LogP contribution in [-0.2, 0) is 7.05 Å². The highest BCUT2D eigenvalue weighted by atomic mass is 79.9. The number of nitrogens with one attached hydrogen (secondary N) is 1. The molecule has 96 valence electrons. The summed E-state index contributed by atoms with van der Waals surface area (Å²) in [6, 6.07) is 8.87. The highest BCUT2D eigenvalue weighted by molar-refractivity contribution is 9.10. The van der Waals surface area contributed by atoms with Crippen molar-refractivity contribution in [3.63, 3.8) is 0 Å². The van der Waals surface area contributed by atoms with Crippen LogP contribution in [0.1, 0.15) is 37.1 Å². The third-order valence-corrected chi connectivity index (χ3v) is 3.82. The topological polar surface area (TPSA) is 29.9 Å². The third kappa shape index (κ3) is 3.00. The standard InChI is InChI=1S/C14H18BrN3/c1-10(12-8-16-18(3)9-12)17-11(2)13-6-4-5-7-14(13)15/h4-11,17H,1-3H3/t10?,11-/m0/s1. The molecule has 0 amide bonds. The van der Waals surface area contributed by atoms with Crippen molar-refractivity contribution < 1.29 is 0 Å². The Bertz CT molecular complexity index is 521. The maximum Gasteiger partial charge on any atom is 0.0537 e. The van der Waals surface area contributed by atoms with Gasteiger partial charge in [0.05, 0.1) is 6.20 Å². The average molecular weight is 308 g/mol. The number of halogens is 1. The molecule has 0 aliphatic carbocycles. The predicted octanol–water partition coefficient (Wildman–Crippen LogP) is 3.59. The van der Waals surface area contributed by atoms with Gasteiger partial charge in [0.1, 0.15) is 0 Å². The first kappa shape index (κ1) is 13.3. The predicted molar refractivity (Wildman–Crippen MR) is 77.3 cm³/mol. The van der Waals surface area contributed by atoms with Crippen molar-refractivity contribution >= 4 is 15.9 Å². The molecule has 1 heterocycles. The van der Waals surface area contributed by atoms with Crippen LogP contribution in [0.3, 0.4) is 0 Å².